The summed E-state index contributed by atoms with van der Waals surface area (Å²) in [6.07, 6.45) is 0. The number of hydrogen-bond donors (Lipinski definition) is 2. The van der Waals surface area contributed by atoms with Gasteiger partial charge in [0.2, 0.25) is 0 Å². The van der Waals surface area contributed by atoms with E-state index in [9.17, 15) is 9.59 Å². The number of hydrogen-bond acceptors (Lipinski definition) is 5. The quantitative estimate of drug-likeness (QED) is 0.508. The normalized spacial score (nSPS) is 11.5. The predicted molar refractivity (Wildman–Crippen MR) is 121 cm³/mol. The molecule has 0 bridgehead atoms. The van der Waals surface area contributed by atoms with Crippen molar-refractivity contribution in [3.05, 3.63) is 94.5 Å². The first-order valence-electron chi connectivity index (χ1n) is 9.62. The summed E-state index contributed by atoms with van der Waals surface area (Å²) >= 11 is 6.28. The van der Waals surface area contributed by atoms with Gasteiger partial charge in [-0.3, -0.25) is 14.9 Å². The van der Waals surface area contributed by atoms with Crippen LogP contribution in [0.4, 0.5) is 5.69 Å². The maximum absolute atomic E-state index is 12.9. The Morgan fingerprint density at radius 2 is 1.74 bits per heavy atom. The minimum absolute atomic E-state index is 0.00809. The van der Waals surface area contributed by atoms with Gasteiger partial charge in [-0.15, -0.1) is 0 Å². The van der Waals surface area contributed by atoms with Gasteiger partial charge in [0, 0.05) is 16.3 Å². The number of ether oxygens (including phenoxy) is 2. The van der Waals surface area contributed by atoms with E-state index in [0.29, 0.717) is 22.0 Å². The molecule has 1 amide bonds. The number of rotatable bonds is 8. The van der Waals surface area contributed by atoms with E-state index < -0.39 is 12.0 Å². The summed E-state index contributed by atoms with van der Waals surface area (Å²) in [5, 5.41) is 6.65. The molecule has 0 heterocycles. The van der Waals surface area contributed by atoms with Crippen LogP contribution in [0.2, 0.25) is 5.02 Å². The molecule has 0 saturated heterocycles. The van der Waals surface area contributed by atoms with Gasteiger partial charge in [0.15, 0.2) is 0 Å². The van der Waals surface area contributed by atoms with E-state index in [2.05, 4.69) is 10.6 Å². The minimum atomic E-state index is -0.403. The molecule has 0 aliphatic rings. The van der Waals surface area contributed by atoms with Crippen molar-refractivity contribution in [2.24, 2.45) is 0 Å². The van der Waals surface area contributed by atoms with Crippen LogP contribution in [0.25, 0.3) is 0 Å². The second-order valence-electron chi connectivity index (χ2n) is 6.72. The molecule has 3 aromatic carbocycles. The maximum Gasteiger partial charge on any atom is 0.319 e. The highest BCUT2D eigenvalue weighted by Crippen LogP contribution is 2.31. The molecule has 0 radical (unpaired) electrons. The van der Waals surface area contributed by atoms with E-state index in [4.69, 9.17) is 21.1 Å². The average molecular weight is 439 g/mol. The van der Waals surface area contributed by atoms with Crippen molar-refractivity contribution in [2.45, 2.75) is 6.04 Å². The molecule has 1 atom stereocenters. The zero-order valence-corrected chi connectivity index (χ0v) is 18.0. The van der Waals surface area contributed by atoms with Crippen LogP contribution >= 0.6 is 11.6 Å². The largest absolute Gasteiger partial charge is 0.497 e. The van der Waals surface area contributed by atoms with Gasteiger partial charge < -0.3 is 14.8 Å². The molecule has 0 aromatic heterocycles. The first-order valence-corrected chi connectivity index (χ1v) is 9.99. The Labute approximate surface area is 186 Å². The van der Waals surface area contributed by atoms with Gasteiger partial charge in [0.1, 0.15) is 5.75 Å². The van der Waals surface area contributed by atoms with Crippen molar-refractivity contribution < 1.29 is 19.1 Å². The lowest BCUT2D eigenvalue weighted by Crippen LogP contribution is -2.30. The Balaban J connectivity index is 1.96. The third kappa shape index (κ3) is 5.84. The number of halogens is 1. The van der Waals surface area contributed by atoms with Gasteiger partial charge in [-0.2, -0.15) is 0 Å². The van der Waals surface area contributed by atoms with Crippen LogP contribution in [0.1, 0.15) is 27.5 Å². The van der Waals surface area contributed by atoms with Crippen LogP contribution in [-0.4, -0.2) is 32.6 Å². The summed E-state index contributed by atoms with van der Waals surface area (Å²) in [6, 6.07) is 21.3. The molecule has 0 aliphatic carbocycles. The van der Waals surface area contributed by atoms with Crippen molar-refractivity contribution in [1.82, 2.24) is 5.32 Å². The SMILES string of the molecule is COC(=O)CNC(c1ccccc1)c1cc(Cl)ccc1NC(=O)c1cccc(OC)c1. The predicted octanol–water partition coefficient (Wildman–Crippen LogP) is 4.45. The number of methoxy groups -OCH3 is 2. The monoisotopic (exact) mass is 438 g/mol. The Bertz CT molecular complexity index is 1060. The Kier molecular flexibility index (Phi) is 7.65. The van der Waals surface area contributed by atoms with Gasteiger partial charge in [-0.25, -0.2) is 0 Å². The summed E-state index contributed by atoms with van der Waals surface area (Å²) < 4.78 is 9.97. The second-order valence-corrected chi connectivity index (χ2v) is 7.15. The molecule has 31 heavy (non-hydrogen) atoms. The minimum Gasteiger partial charge on any atom is -0.497 e. The van der Waals surface area contributed by atoms with Gasteiger partial charge in [0.25, 0.3) is 5.91 Å². The van der Waals surface area contributed by atoms with E-state index in [-0.39, 0.29) is 12.5 Å². The molecule has 6 nitrogen and oxygen atoms in total. The topological polar surface area (TPSA) is 76.7 Å². The highest BCUT2D eigenvalue weighted by molar-refractivity contribution is 6.30. The third-order valence-electron chi connectivity index (χ3n) is 4.72. The van der Waals surface area contributed by atoms with E-state index in [1.54, 1.807) is 49.6 Å². The number of esters is 1. The van der Waals surface area contributed by atoms with Crippen LogP contribution < -0.4 is 15.4 Å². The summed E-state index contributed by atoms with van der Waals surface area (Å²) in [4.78, 5) is 24.7. The molecule has 1 unspecified atom stereocenters. The lowest BCUT2D eigenvalue weighted by Gasteiger charge is -2.23. The molecule has 0 saturated carbocycles. The average Bonchev–Trinajstić information content (AvgIpc) is 2.81. The number of carbonyl (C=O) groups is 2. The fraction of sp³-hybridized carbons (Fsp3) is 0.167. The fourth-order valence-electron chi connectivity index (χ4n) is 3.16. The molecule has 7 heteroatoms. The van der Waals surface area contributed by atoms with Crippen LogP contribution in [0.5, 0.6) is 5.75 Å². The molecule has 3 rings (SSSR count). The van der Waals surface area contributed by atoms with Crippen molar-refractivity contribution in [3.8, 4) is 5.75 Å². The van der Waals surface area contributed by atoms with Gasteiger partial charge >= 0.3 is 5.97 Å². The van der Waals surface area contributed by atoms with E-state index in [1.807, 2.05) is 30.3 Å². The van der Waals surface area contributed by atoms with Crippen LogP contribution in [-0.2, 0) is 9.53 Å². The molecule has 0 aliphatic heterocycles. The van der Waals surface area contributed by atoms with Gasteiger partial charge in [-0.1, -0.05) is 48.0 Å². The Morgan fingerprint density at radius 1 is 0.968 bits per heavy atom. The number of anilines is 1. The third-order valence-corrected chi connectivity index (χ3v) is 4.95. The number of carbonyl (C=O) groups excluding carboxylic acids is 2. The smallest absolute Gasteiger partial charge is 0.319 e. The van der Waals surface area contributed by atoms with Crippen molar-refractivity contribution in [3.63, 3.8) is 0 Å². The van der Waals surface area contributed by atoms with Crippen LogP contribution in [0.3, 0.4) is 0 Å². The fourth-order valence-corrected chi connectivity index (χ4v) is 3.34. The molecule has 0 spiro atoms. The molecule has 160 valence electrons. The first-order chi connectivity index (χ1) is 15.0. The van der Waals surface area contributed by atoms with Crippen molar-refractivity contribution in [1.29, 1.82) is 0 Å². The highest BCUT2D eigenvalue weighted by Gasteiger charge is 2.20. The molecule has 0 fully saturated rings. The highest BCUT2D eigenvalue weighted by atomic mass is 35.5. The molecule has 2 N–H and O–H groups in total. The van der Waals surface area contributed by atoms with Gasteiger partial charge in [0.05, 0.1) is 26.8 Å². The van der Waals surface area contributed by atoms with Crippen molar-refractivity contribution in [2.75, 3.05) is 26.1 Å². The summed E-state index contributed by atoms with van der Waals surface area (Å²) in [6.45, 7) is -0.00809. The number of amides is 1. The lowest BCUT2D eigenvalue weighted by atomic mass is 9.96. The lowest BCUT2D eigenvalue weighted by molar-refractivity contribution is -0.139. The zero-order chi connectivity index (χ0) is 22.2. The van der Waals surface area contributed by atoms with E-state index >= 15 is 0 Å². The van der Waals surface area contributed by atoms with Crippen LogP contribution in [0, 0.1) is 0 Å². The second kappa shape index (κ2) is 10.6. The van der Waals surface area contributed by atoms with E-state index in [1.165, 1.54) is 7.11 Å². The Hall–Kier alpha value is -3.35. The van der Waals surface area contributed by atoms with Crippen LogP contribution in [0.15, 0.2) is 72.8 Å². The Morgan fingerprint density at radius 3 is 2.45 bits per heavy atom. The number of nitrogens with one attached hydrogen (secondary N) is 2. The first kappa shape index (κ1) is 22.3. The standard InChI is InChI=1S/C24H23ClN2O4/c1-30-19-10-6-9-17(13-19)24(29)27-21-12-11-18(25)14-20(21)23(26-15-22(28)31-2)16-7-4-3-5-8-16/h3-14,23,26H,15H2,1-2H3,(H,27,29). The summed E-state index contributed by atoms with van der Waals surface area (Å²) in [5.41, 5.74) is 2.66. The summed E-state index contributed by atoms with van der Waals surface area (Å²) in [7, 11) is 2.88. The van der Waals surface area contributed by atoms with Crippen molar-refractivity contribution >= 4 is 29.2 Å². The molecule has 3 aromatic rings. The zero-order valence-electron chi connectivity index (χ0n) is 17.2. The van der Waals surface area contributed by atoms with Gasteiger partial charge in [-0.05, 0) is 47.5 Å². The maximum atomic E-state index is 12.9. The molecular weight excluding hydrogens is 416 g/mol. The van der Waals surface area contributed by atoms with E-state index in [0.717, 1.165) is 11.1 Å². The number of benzene rings is 3. The molecular formula is C24H23ClN2O4. The summed E-state index contributed by atoms with van der Waals surface area (Å²) in [5.74, 6) is -0.0990.